The lowest BCUT2D eigenvalue weighted by Crippen LogP contribution is -2.15. The molecule has 6 nitrogen and oxygen atoms in total. The first kappa shape index (κ1) is 21.4. The van der Waals surface area contributed by atoms with Crippen molar-refractivity contribution in [3.63, 3.8) is 0 Å². The second-order valence-corrected chi connectivity index (χ2v) is 7.65. The van der Waals surface area contributed by atoms with E-state index in [2.05, 4.69) is 0 Å². The van der Waals surface area contributed by atoms with Gasteiger partial charge in [0, 0.05) is 36.6 Å². The molecule has 164 valence electrons. The zero-order chi connectivity index (χ0) is 22.5. The van der Waals surface area contributed by atoms with Crippen LogP contribution in [0.5, 0.6) is 11.5 Å². The van der Waals surface area contributed by atoms with E-state index in [1.165, 1.54) is 6.92 Å². The third-order valence-corrected chi connectivity index (χ3v) is 5.02. The van der Waals surface area contributed by atoms with Gasteiger partial charge in [-0.2, -0.15) is 4.73 Å². The Labute approximate surface area is 186 Å². The molecule has 4 aromatic rings. The second-order valence-electron chi connectivity index (χ2n) is 7.65. The Hall–Kier alpha value is -3.80. The van der Waals surface area contributed by atoms with Gasteiger partial charge in [-0.15, -0.1) is 0 Å². The number of para-hydroxylation sites is 1. The summed E-state index contributed by atoms with van der Waals surface area (Å²) in [7, 11) is 0. The molecule has 1 aromatic heterocycles. The Kier molecular flexibility index (Phi) is 6.40. The van der Waals surface area contributed by atoms with Crippen LogP contribution in [0.4, 0.5) is 0 Å². The summed E-state index contributed by atoms with van der Waals surface area (Å²) in [6.07, 6.45) is 1.15. The van der Waals surface area contributed by atoms with Crippen LogP contribution in [0.3, 0.4) is 0 Å². The first-order valence-corrected chi connectivity index (χ1v) is 10.6. The molecule has 1 heterocycles. The first-order valence-electron chi connectivity index (χ1n) is 10.6. The highest BCUT2D eigenvalue weighted by Gasteiger charge is 2.13. The van der Waals surface area contributed by atoms with E-state index in [1.54, 1.807) is 11.7 Å². The number of fused-ring (bicyclic) bond motifs is 3. The molecule has 0 fully saturated rings. The van der Waals surface area contributed by atoms with Crippen molar-refractivity contribution in [3.8, 4) is 11.5 Å². The van der Waals surface area contributed by atoms with Crippen molar-refractivity contribution in [2.75, 3.05) is 13.2 Å². The summed E-state index contributed by atoms with van der Waals surface area (Å²) in [5.41, 5.74) is 2.59. The fourth-order valence-electron chi connectivity index (χ4n) is 3.66. The summed E-state index contributed by atoms with van der Waals surface area (Å²) in [4.78, 5) is 28.2. The highest BCUT2D eigenvalue weighted by Crippen LogP contribution is 2.31. The third kappa shape index (κ3) is 4.91. The lowest BCUT2D eigenvalue weighted by atomic mass is 10.1. The van der Waals surface area contributed by atoms with E-state index in [0.717, 1.165) is 33.1 Å². The maximum atomic E-state index is 11.6. The largest absolute Gasteiger partial charge is 0.493 e. The highest BCUT2D eigenvalue weighted by molar-refractivity contribution is 6.08. The Balaban J connectivity index is 1.37. The molecule has 0 bridgehead atoms. The van der Waals surface area contributed by atoms with Gasteiger partial charge in [0.1, 0.15) is 17.3 Å². The summed E-state index contributed by atoms with van der Waals surface area (Å²) in [5.74, 6) is 1.22. The average Bonchev–Trinajstić information content (AvgIpc) is 3.07. The van der Waals surface area contributed by atoms with E-state index in [1.807, 2.05) is 66.7 Å². The molecule has 0 aliphatic rings. The molecule has 0 atom stereocenters. The molecule has 3 aromatic carbocycles. The standard InChI is InChI=1S/C26H25NO5/c1-18(28)16-20-8-10-21(11-9-20)30-14-5-15-31-22-12-13-24-23-6-3-4-7-25(23)27(26(24)17-22)32-19(2)29/h3-4,6-13,17H,5,14-16H2,1-2H3. The number of carbonyl (C=O) groups excluding carboxylic acids is 2. The summed E-state index contributed by atoms with van der Waals surface area (Å²) in [6.45, 7) is 3.97. The van der Waals surface area contributed by atoms with Crippen LogP contribution < -0.4 is 14.3 Å². The van der Waals surface area contributed by atoms with E-state index in [-0.39, 0.29) is 11.8 Å². The Morgan fingerprint density at radius 1 is 0.781 bits per heavy atom. The van der Waals surface area contributed by atoms with Crippen molar-refractivity contribution in [3.05, 3.63) is 72.3 Å². The molecule has 0 aliphatic heterocycles. The average molecular weight is 431 g/mol. The molecule has 0 N–H and O–H groups in total. The maximum Gasteiger partial charge on any atom is 0.329 e. The van der Waals surface area contributed by atoms with Gasteiger partial charge in [0.15, 0.2) is 0 Å². The summed E-state index contributed by atoms with van der Waals surface area (Å²) < 4.78 is 13.2. The monoisotopic (exact) mass is 431 g/mol. The minimum Gasteiger partial charge on any atom is -0.493 e. The number of benzene rings is 3. The van der Waals surface area contributed by atoms with Crippen LogP contribution in [0.15, 0.2) is 66.7 Å². The number of ketones is 1. The van der Waals surface area contributed by atoms with Gasteiger partial charge in [-0.25, -0.2) is 4.79 Å². The molecule has 0 unspecified atom stereocenters. The number of hydrogen-bond donors (Lipinski definition) is 0. The Morgan fingerprint density at radius 3 is 2.16 bits per heavy atom. The quantitative estimate of drug-likeness (QED) is 0.358. The van der Waals surface area contributed by atoms with Crippen LogP contribution in [-0.4, -0.2) is 29.7 Å². The number of ether oxygens (including phenoxy) is 2. The van der Waals surface area contributed by atoms with Gasteiger partial charge in [0.25, 0.3) is 0 Å². The smallest absolute Gasteiger partial charge is 0.329 e. The van der Waals surface area contributed by atoms with E-state index in [9.17, 15) is 9.59 Å². The van der Waals surface area contributed by atoms with Crippen LogP contribution in [0, 0.1) is 0 Å². The van der Waals surface area contributed by atoms with Gasteiger partial charge >= 0.3 is 5.97 Å². The van der Waals surface area contributed by atoms with Crippen LogP contribution in [0.25, 0.3) is 21.8 Å². The van der Waals surface area contributed by atoms with Crippen LogP contribution in [0.1, 0.15) is 25.8 Å². The number of nitrogens with zero attached hydrogens (tertiary/aromatic N) is 1. The fourth-order valence-corrected chi connectivity index (χ4v) is 3.66. The van der Waals surface area contributed by atoms with Crippen molar-refractivity contribution in [1.29, 1.82) is 0 Å². The van der Waals surface area contributed by atoms with Gasteiger partial charge in [0.2, 0.25) is 0 Å². The number of rotatable bonds is 9. The molecule has 0 saturated carbocycles. The molecule has 0 saturated heterocycles. The zero-order valence-corrected chi connectivity index (χ0v) is 18.2. The van der Waals surface area contributed by atoms with Gasteiger partial charge in [-0.05, 0) is 42.8 Å². The van der Waals surface area contributed by atoms with Crippen molar-refractivity contribution in [1.82, 2.24) is 4.73 Å². The predicted molar refractivity (Wildman–Crippen MR) is 123 cm³/mol. The second kappa shape index (κ2) is 9.56. The van der Waals surface area contributed by atoms with Gasteiger partial charge in [-0.1, -0.05) is 30.3 Å². The maximum absolute atomic E-state index is 11.6. The van der Waals surface area contributed by atoms with Crippen molar-refractivity contribution >= 4 is 33.6 Å². The highest BCUT2D eigenvalue weighted by atomic mass is 16.7. The topological polar surface area (TPSA) is 66.8 Å². The fraction of sp³-hybridized carbons (Fsp3) is 0.231. The van der Waals surface area contributed by atoms with E-state index >= 15 is 0 Å². The molecule has 32 heavy (non-hydrogen) atoms. The number of hydrogen-bond acceptors (Lipinski definition) is 5. The van der Waals surface area contributed by atoms with Crippen molar-refractivity contribution in [2.45, 2.75) is 26.7 Å². The summed E-state index contributed by atoms with van der Waals surface area (Å²) in [6, 6.07) is 21.1. The van der Waals surface area contributed by atoms with Crippen LogP contribution in [0.2, 0.25) is 0 Å². The molecule has 0 amide bonds. The normalized spacial score (nSPS) is 10.9. The van der Waals surface area contributed by atoms with E-state index in [0.29, 0.717) is 31.8 Å². The van der Waals surface area contributed by atoms with Gasteiger partial charge in [0.05, 0.1) is 24.2 Å². The third-order valence-electron chi connectivity index (χ3n) is 5.02. The van der Waals surface area contributed by atoms with E-state index < -0.39 is 0 Å². The molecule has 4 rings (SSSR count). The predicted octanol–water partition coefficient (Wildman–Crippen LogP) is 4.75. The van der Waals surface area contributed by atoms with Crippen molar-refractivity contribution in [2.24, 2.45) is 0 Å². The van der Waals surface area contributed by atoms with Crippen LogP contribution in [-0.2, 0) is 16.0 Å². The molecule has 0 aliphatic carbocycles. The number of aromatic nitrogens is 1. The first-order chi connectivity index (χ1) is 15.5. The van der Waals surface area contributed by atoms with Crippen molar-refractivity contribution < 1.29 is 23.9 Å². The number of carbonyl (C=O) groups is 2. The number of Topliss-reactive ketones (excluding diaryl/α,β-unsaturated/α-hetero) is 1. The Morgan fingerprint density at radius 2 is 1.44 bits per heavy atom. The lowest BCUT2D eigenvalue weighted by molar-refractivity contribution is -0.140. The zero-order valence-electron chi connectivity index (χ0n) is 18.2. The van der Waals surface area contributed by atoms with Gasteiger partial charge in [-0.3, -0.25) is 4.79 Å². The van der Waals surface area contributed by atoms with Crippen LogP contribution >= 0.6 is 0 Å². The summed E-state index contributed by atoms with van der Waals surface area (Å²) in [5, 5.41) is 2.00. The molecular weight excluding hydrogens is 406 g/mol. The molecule has 0 spiro atoms. The van der Waals surface area contributed by atoms with E-state index in [4.69, 9.17) is 14.3 Å². The van der Waals surface area contributed by atoms with Gasteiger partial charge < -0.3 is 14.3 Å². The minimum atomic E-state index is -0.384. The lowest BCUT2D eigenvalue weighted by Gasteiger charge is -2.10. The molecule has 6 heteroatoms. The molecular formula is C26H25NO5. The SMILES string of the molecule is CC(=O)Cc1ccc(OCCCOc2ccc3c4ccccc4n(OC(C)=O)c3c2)cc1. The summed E-state index contributed by atoms with van der Waals surface area (Å²) >= 11 is 0. The molecule has 0 radical (unpaired) electrons. The minimum absolute atomic E-state index is 0.141. The Bertz CT molecular complexity index is 1260.